The maximum absolute atomic E-state index is 15.3. The Morgan fingerprint density at radius 2 is 1.98 bits per heavy atom. The summed E-state index contributed by atoms with van der Waals surface area (Å²) in [7, 11) is 5.91. The normalized spacial score (nSPS) is 23.5. The third kappa shape index (κ3) is 4.82. The van der Waals surface area contributed by atoms with Gasteiger partial charge in [-0.2, -0.15) is 0 Å². The molecular formula is C35H33FN3O6PS2. The number of rotatable bonds is 5. The van der Waals surface area contributed by atoms with E-state index in [0.717, 1.165) is 28.5 Å². The molecule has 4 aliphatic rings. The molecule has 13 heteroatoms. The van der Waals surface area contributed by atoms with E-state index in [1.807, 2.05) is 12.1 Å². The fourth-order valence-electron chi connectivity index (χ4n) is 7.95. The highest BCUT2D eigenvalue weighted by molar-refractivity contribution is 8.94. The topological polar surface area (TPSA) is 120 Å². The van der Waals surface area contributed by atoms with Crippen LogP contribution >= 0.6 is 29.6 Å². The molecule has 0 radical (unpaired) electrons. The lowest BCUT2D eigenvalue weighted by Gasteiger charge is -2.33. The monoisotopic (exact) mass is 705 g/mol. The van der Waals surface area contributed by atoms with Crippen molar-refractivity contribution in [1.82, 2.24) is 14.9 Å². The first kappa shape index (κ1) is 31.8. The second kappa shape index (κ2) is 11.9. The van der Waals surface area contributed by atoms with Crippen molar-refractivity contribution in [3.8, 4) is 11.4 Å². The maximum Gasteiger partial charge on any atom is 0.407 e. The molecule has 8 rings (SSSR count). The van der Waals surface area contributed by atoms with Gasteiger partial charge < -0.3 is 24.5 Å². The van der Waals surface area contributed by atoms with Crippen LogP contribution in [0.25, 0.3) is 22.3 Å². The molecule has 1 unspecified atom stereocenters. The van der Waals surface area contributed by atoms with Crippen molar-refractivity contribution in [3.63, 3.8) is 0 Å². The van der Waals surface area contributed by atoms with Crippen LogP contribution < -0.4 is 10.9 Å². The number of benzene rings is 2. The summed E-state index contributed by atoms with van der Waals surface area (Å²) >= 11 is 0. The average Bonchev–Trinajstić information content (AvgIpc) is 3.45. The molecule has 1 amide bonds. The molecule has 248 valence electrons. The van der Waals surface area contributed by atoms with Gasteiger partial charge in [-0.15, -0.1) is 0 Å². The summed E-state index contributed by atoms with van der Waals surface area (Å²) in [5, 5.41) is 15.3. The van der Waals surface area contributed by atoms with Crippen molar-refractivity contribution in [2.75, 3.05) is 0 Å². The molecule has 2 N–H and O–H groups in total. The van der Waals surface area contributed by atoms with Crippen molar-refractivity contribution in [1.29, 1.82) is 0 Å². The molecule has 4 heterocycles. The summed E-state index contributed by atoms with van der Waals surface area (Å²) in [6, 6.07) is 10.8. The summed E-state index contributed by atoms with van der Waals surface area (Å²) in [4.78, 5) is 45.2. The Labute approximate surface area is 285 Å². The third-order valence-electron chi connectivity index (χ3n) is 10.5. The Bertz CT molecular complexity index is 2120. The average molecular weight is 706 g/mol. The summed E-state index contributed by atoms with van der Waals surface area (Å²) in [6.45, 7) is 3.33. The molecule has 9 nitrogen and oxygen atoms in total. The number of aromatic nitrogens is 2. The highest BCUT2D eigenvalue weighted by Crippen LogP contribution is 2.46. The van der Waals surface area contributed by atoms with Crippen molar-refractivity contribution < 1.29 is 28.6 Å². The predicted molar refractivity (Wildman–Crippen MR) is 186 cm³/mol. The van der Waals surface area contributed by atoms with Gasteiger partial charge in [0.25, 0.3) is 5.56 Å². The van der Waals surface area contributed by atoms with Gasteiger partial charge in [-0.05, 0) is 66.5 Å². The van der Waals surface area contributed by atoms with Crippen molar-refractivity contribution >= 4 is 52.6 Å². The summed E-state index contributed by atoms with van der Waals surface area (Å²) in [5.74, 6) is -1.18. The number of ether oxygens (including phenoxy) is 2. The number of carbonyl (C=O) groups is 2. The number of aliphatic hydroxyl groups is 1. The number of aryl methyl sites for hydroxylation is 1. The first-order valence-corrected chi connectivity index (χ1v) is 19.7. The van der Waals surface area contributed by atoms with Gasteiger partial charge >= 0.3 is 12.1 Å². The predicted octanol–water partition coefficient (Wildman–Crippen LogP) is 5.95. The molecule has 0 fully saturated rings. The fourth-order valence-corrected chi connectivity index (χ4v) is 10.9. The van der Waals surface area contributed by atoms with Gasteiger partial charge in [0.1, 0.15) is 18.5 Å². The Kier molecular flexibility index (Phi) is 7.86. The van der Waals surface area contributed by atoms with E-state index in [-0.39, 0.29) is 53.4 Å². The number of hydrogen-bond donors (Lipinski definition) is 2. The number of halogens is 1. The Hall–Kier alpha value is -3.44. The number of nitrogens with zero attached hydrogens (tertiary/aromatic N) is 2. The van der Waals surface area contributed by atoms with E-state index >= 15 is 4.39 Å². The van der Waals surface area contributed by atoms with Crippen LogP contribution in [0.2, 0.25) is 0 Å². The smallest absolute Gasteiger partial charge is 0.407 e. The van der Waals surface area contributed by atoms with Crippen molar-refractivity contribution in [3.05, 3.63) is 97.1 Å². The Morgan fingerprint density at radius 1 is 1.21 bits per heavy atom. The molecule has 2 aromatic carbocycles. The number of cyclic esters (lactones) is 1. The van der Waals surface area contributed by atoms with Crippen LogP contribution in [0.1, 0.15) is 70.3 Å². The van der Waals surface area contributed by atoms with Gasteiger partial charge in [0.2, 0.25) is 0 Å². The van der Waals surface area contributed by atoms with Gasteiger partial charge in [-0.1, -0.05) is 60.8 Å². The Balaban J connectivity index is 1.21. The van der Waals surface area contributed by atoms with Gasteiger partial charge in [0, 0.05) is 29.0 Å². The molecule has 0 spiro atoms. The lowest BCUT2D eigenvalue weighted by atomic mass is 9.81. The number of carbonyl (C=O) groups excluding carboxylic acids is 2. The van der Waals surface area contributed by atoms with E-state index in [9.17, 15) is 19.5 Å². The minimum atomic E-state index is -1.97. The van der Waals surface area contributed by atoms with Crippen LogP contribution in [0.15, 0.2) is 41.2 Å². The molecule has 2 aliphatic carbocycles. The fraction of sp³-hybridized carbons (Fsp3) is 0.371. The van der Waals surface area contributed by atoms with Crippen LogP contribution in [0.5, 0.6) is 0 Å². The van der Waals surface area contributed by atoms with E-state index in [4.69, 9.17) is 14.5 Å². The summed E-state index contributed by atoms with van der Waals surface area (Å²) < 4.78 is 28.2. The quantitative estimate of drug-likeness (QED) is 0.130. The van der Waals surface area contributed by atoms with E-state index in [0.29, 0.717) is 41.7 Å². The van der Waals surface area contributed by atoms with E-state index < -0.39 is 23.7 Å². The minimum Gasteiger partial charge on any atom is -0.458 e. The molecule has 2 aromatic heterocycles. The zero-order valence-electron chi connectivity index (χ0n) is 26.3. The highest BCUT2D eigenvalue weighted by atomic mass is 33.3. The Morgan fingerprint density at radius 3 is 2.73 bits per heavy atom. The zero-order valence-corrected chi connectivity index (χ0v) is 29.1. The lowest BCUT2D eigenvalue weighted by Crippen LogP contribution is -2.44. The van der Waals surface area contributed by atoms with Crippen LogP contribution in [0, 0.1) is 12.7 Å². The maximum atomic E-state index is 15.3. The second-order valence-electron chi connectivity index (χ2n) is 12.9. The molecule has 0 saturated heterocycles. The van der Waals surface area contributed by atoms with E-state index in [1.54, 1.807) is 45.7 Å². The first-order valence-electron chi connectivity index (χ1n) is 16.0. The van der Waals surface area contributed by atoms with Gasteiger partial charge in [-0.3, -0.25) is 4.79 Å². The second-order valence-corrected chi connectivity index (χ2v) is 16.8. The van der Waals surface area contributed by atoms with Crippen LogP contribution in [0.3, 0.4) is 0 Å². The molecule has 4 aromatic rings. The largest absolute Gasteiger partial charge is 0.458 e. The van der Waals surface area contributed by atoms with E-state index in [2.05, 4.69) is 25.9 Å². The molecule has 0 bridgehead atoms. The van der Waals surface area contributed by atoms with Crippen LogP contribution in [-0.2, 0) is 52.3 Å². The molecule has 0 saturated carbocycles. The summed E-state index contributed by atoms with van der Waals surface area (Å²) in [5.41, 5.74) is 4.73. The van der Waals surface area contributed by atoms with Gasteiger partial charge in [-0.25, -0.2) is 19.0 Å². The first-order chi connectivity index (χ1) is 23.1. The van der Waals surface area contributed by atoms with E-state index in [1.165, 1.54) is 17.2 Å². The van der Waals surface area contributed by atoms with Crippen molar-refractivity contribution in [2.24, 2.45) is 0 Å². The third-order valence-corrected chi connectivity index (χ3v) is 13.4. The zero-order chi connectivity index (χ0) is 33.5. The molecule has 5 atom stereocenters. The molecule has 48 heavy (non-hydrogen) atoms. The standard InChI is InChI=1S/C35H33FN3O6PS2/c1-3-35(43)22-12-26-31-20(14-39(26)32(40)21(22)15-44-33(35)41)30-24(9-8-19-16(2)23(36)13-25(37-31)29(19)30)38-34(42)45-27-10-17-6-4-5-7-18(17)11-28(27)47-48-46/h4-7,12-13,24,27-28,43H,3,8-11,14-15,46H2,1-2H3,(H,38,42)/t24-,27+,28+,35-/m0/s1. The molecular weight excluding hydrogens is 673 g/mol. The highest BCUT2D eigenvalue weighted by Gasteiger charge is 2.46. The number of amides is 1. The van der Waals surface area contributed by atoms with Crippen LogP contribution in [-0.4, -0.2) is 38.1 Å². The number of hydrogen-bond acceptors (Lipinski definition) is 9. The van der Waals surface area contributed by atoms with Crippen molar-refractivity contribution in [2.45, 2.75) is 82.1 Å². The SMILES string of the molecule is CC[C@@]1(O)C(=O)OCc2c1cc1n(c2=O)Cc2c-1nc1cc(F)c(C)c3c1c2[C@@H](NC(=O)O[C@@H]1Cc2ccccc2C[C@H]1SSP)CC3. The minimum absolute atomic E-state index is 0.0225. The van der Waals surface area contributed by atoms with Crippen LogP contribution in [0.4, 0.5) is 9.18 Å². The summed E-state index contributed by atoms with van der Waals surface area (Å²) in [6.07, 6.45) is 1.61. The number of esters is 1. The number of nitrogens with one attached hydrogen (secondary N) is 1. The van der Waals surface area contributed by atoms with Gasteiger partial charge in [0.15, 0.2) is 5.60 Å². The molecule has 2 aliphatic heterocycles. The lowest BCUT2D eigenvalue weighted by molar-refractivity contribution is -0.172. The number of pyridine rings is 2. The van der Waals surface area contributed by atoms with Gasteiger partial charge in [0.05, 0.1) is 40.3 Å². The number of fused-ring (bicyclic) bond motifs is 6. The number of alkyl carbamates (subject to hydrolysis) is 1.